The SMILES string of the molecule is C[C@H](Cn1cccn1)NC(=O)NCCn1ccnc1. The lowest BCUT2D eigenvalue weighted by Gasteiger charge is -2.14. The zero-order valence-electron chi connectivity index (χ0n) is 10.9. The molecule has 2 amide bonds. The Balaban J connectivity index is 1.63. The van der Waals surface area contributed by atoms with Crippen LogP contribution in [0.4, 0.5) is 4.79 Å². The number of aromatic nitrogens is 4. The summed E-state index contributed by atoms with van der Waals surface area (Å²) in [5, 5.41) is 9.76. The molecule has 0 saturated heterocycles. The van der Waals surface area contributed by atoms with Crippen LogP contribution in [0.5, 0.6) is 0 Å². The Morgan fingerprint density at radius 1 is 1.37 bits per heavy atom. The summed E-state index contributed by atoms with van der Waals surface area (Å²) in [6.07, 6.45) is 8.89. The molecule has 2 N–H and O–H groups in total. The Morgan fingerprint density at radius 2 is 2.26 bits per heavy atom. The second-order valence-corrected chi connectivity index (χ2v) is 4.33. The fourth-order valence-corrected chi connectivity index (χ4v) is 1.73. The van der Waals surface area contributed by atoms with Crippen LogP contribution >= 0.6 is 0 Å². The summed E-state index contributed by atoms with van der Waals surface area (Å²) in [4.78, 5) is 15.6. The van der Waals surface area contributed by atoms with Crippen molar-refractivity contribution in [3.8, 4) is 0 Å². The predicted molar refractivity (Wildman–Crippen MR) is 70.5 cm³/mol. The van der Waals surface area contributed by atoms with Crippen LogP contribution in [0, 0.1) is 0 Å². The Labute approximate surface area is 111 Å². The number of amides is 2. The van der Waals surface area contributed by atoms with Gasteiger partial charge in [0.15, 0.2) is 0 Å². The fourth-order valence-electron chi connectivity index (χ4n) is 1.73. The lowest BCUT2D eigenvalue weighted by molar-refractivity contribution is 0.235. The van der Waals surface area contributed by atoms with Crippen molar-refractivity contribution in [3.05, 3.63) is 37.2 Å². The molecule has 0 radical (unpaired) electrons. The first-order valence-corrected chi connectivity index (χ1v) is 6.21. The molecule has 0 spiro atoms. The van der Waals surface area contributed by atoms with Gasteiger partial charge in [0.25, 0.3) is 0 Å². The monoisotopic (exact) mass is 262 g/mol. The molecule has 0 aliphatic carbocycles. The fraction of sp³-hybridized carbons (Fsp3) is 0.417. The number of hydrogen-bond donors (Lipinski definition) is 2. The van der Waals surface area contributed by atoms with E-state index < -0.39 is 0 Å². The van der Waals surface area contributed by atoms with Gasteiger partial charge in [-0.15, -0.1) is 0 Å². The number of rotatable bonds is 6. The van der Waals surface area contributed by atoms with Crippen LogP contribution in [0.15, 0.2) is 37.2 Å². The van der Waals surface area contributed by atoms with Crippen LogP contribution in [0.25, 0.3) is 0 Å². The number of nitrogens with one attached hydrogen (secondary N) is 2. The summed E-state index contributed by atoms with van der Waals surface area (Å²) in [6, 6.07) is 1.71. The molecule has 0 fully saturated rings. The first-order chi connectivity index (χ1) is 9.24. The molecule has 2 aromatic rings. The van der Waals surface area contributed by atoms with Gasteiger partial charge < -0.3 is 15.2 Å². The summed E-state index contributed by atoms with van der Waals surface area (Å²) in [5.74, 6) is 0. The predicted octanol–water partition coefficient (Wildman–Crippen LogP) is 0.467. The van der Waals surface area contributed by atoms with Gasteiger partial charge in [-0.25, -0.2) is 9.78 Å². The van der Waals surface area contributed by atoms with Crippen molar-refractivity contribution in [1.82, 2.24) is 30.0 Å². The summed E-state index contributed by atoms with van der Waals surface area (Å²) >= 11 is 0. The zero-order valence-corrected chi connectivity index (χ0v) is 10.9. The van der Waals surface area contributed by atoms with Crippen molar-refractivity contribution in [3.63, 3.8) is 0 Å². The van der Waals surface area contributed by atoms with Gasteiger partial charge in [0, 0.05) is 43.9 Å². The third-order valence-corrected chi connectivity index (χ3v) is 2.61. The number of urea groups is 1. The molecular formula is C12H18N6O. The number of carbonyl (C=O) groups is 1. The topological polar surface area (TPSA) is 76.8 Å². The molecule has 1 atom stereocenters. The number of carbonyl (C=O) groups excluding carboxylic acids is 1. The maximum absolute atomic E-state index is 11.6. The van der Waals surface area contributed by atoms with Crippen molar-refractivity contribution in [2.75, 3.05) is 6.54 Å². The van der Waals surface area contributed by atoms with Crippen molar-refractivity contribution in [1.29, 1.82) is 0 Å². The lowest BCUT2D eigenvalue weighted by atomic mass is 10.3. The van der Waals surface area contributed by atoms with Gasteiger partial charge in [-0.05, 0) is 13.0 Å². The Morgan fingerprint density at radius 3 is 2.95 bits per heavy atom. The minimum atomic E-state index is -0.167. The van der Waals surface area contributed by atoms with E-state index in [1.54, 1.807) is 23.4 Å². The summed E-state index contributed by atoms with van der Waals surface area (Å²) in [5.41, 5.74) is 0. The molecule has 0 aromatic carbocycles. The average molecular weight is 262 g/mol. The standard InChI is InChI=1S/C12H18N6O/c1-11(9-18-6-2-3-15-18)16-12(19)14-5-8-17-7-4-13-10-17/h2-4,6-7,10-11H,5,8-9H2,1H3,(H2,14,16,19)/t11-/m1/s1. The van der Waals surface area contributed by atoms with Gasteiger partial charge in [-0.2, -0.15) is 5.10 Å². The first kappa shape index (κ1) is 13.1. The van der Waals surface area contributed by atoms with Gasteiger partial charge in [-0.3, -0.25) is 4.68 Å². The van der Waals surface area contributed by atoms with Crippen LogP contribution in [0.1, 0.15) is 6.92 Å². The molecule has 0 saturated carbocycles. The maximum Gasteiger partial charge on any atom is 0.315 e. The van der Waals surface area contributed by atoms with Crippen LogP contribution in [-0.2, 0) is 13.1 Å². The molecule has 102 valence electrons. The van der Waals surface area contributed by atoms with Crippen molar-refractivity contribution in [2.45, 2.75) is 26.1 Å². The number of hydrogen-bond acceptors (Lipinski definition) is 3. The highest BCUT2D eigenvalue weighted by Crippen LogP contribution is 1.90. The number of imidazole rings is 1. The molecule has 7 nitrogen and oxygen atoms in total. The summed E-state index contributed by atoms with van der Waals surface area (Å²) in [6.45, 7) is 3.87. The van der Waals surface area contributed by atoms with Gasteiger partial charge in [-0.1, -0.05) is 0 Å². The van der Waals surface area contributed by atoms with E-state index in [-0.39, 0.29) is 12.1 Å². The van der Waals surface area contributed by atoms with Crippen LogP contribution in [0.3, 0.4) is 0 Å². The normalized spacial score (nSPS) is 12.1. The second kappa shape index (κ2) is 6.58. The Hall–Kier alpha value is -2.31. The van der Waals surface area contributed by atoms with Crippen LogP contribution < -0.4 is 10.6 Å². The van der Waals surface area contributed by atoms with Gasteiger partial charge in [0.1, 0.15) is 0 Å². The molecule has 0 aliphatic rings. The molecule has 2 rings (SSSR count). The smallest absolute Gasteiger partial charge is 0.315 e. The van der Waals surface area contributed by atoms with E-state index in [1.807, 2.05) is 30.0 Å². The van der Waals surface area contributed by atoms with E-state index in [1.165, 1.54) is 0 Å². The van der Waals surface area contributed by atoms with E-state index in [9.17, 15) is 4.79 Å². The highest BCUT2D eigenvalue weighted by molar-refractivity contribution is 5.74. The largest absolute Gasteiger partial charge is 0.336 e. The lowest BCUT2D eigenvalue weighted by Crippen LogP contribution is -2.43. The molecule has 19 heavy (non-hydrogen) atoms. The molecule has 0 unspecified atom stereocenters. The molecule has 7 heteroatoms. The minimum Gasteiger partial charge on any atom is -0.336 e. The van der Waals surface area contributed by atoms with Crippen LogP contribution in [-0.4, -0.2) is 37.9 Å². The van der Waals surface area contributed by atoms with Crippen molar-refractivity contribution >= 4 is 6.03 Å². The van der Waals surface area contributed by atoms with E-state index in [0.717, 1.165) is 0 Å². The molecule has 0 bridgehead atoms. The Kier molecular flexibility index (Phi) is 4.54. The third kappa shape index (κ3) is 4.46. The summed E-state index contributed by atoms with van der Waals surface area (Å²) in [7, 11) is 0. The second-order valence-electron chi connectivity index (χ2n) is 4.33. The summed E-state index contributed by atoms with van der Waals surface area (Å²) < 4.78 is 3.70. The molecule has 2 aromatic heterocycles. The Bertz CT molecular complexity index is 478. The van der Waals surface area contributed by atoms with Gasteiger partial charge in [0.2, 0.25) is 0 Å². The van der Waals surface area contributed by atoms with Crippen LogP contribution in [0.2, 0.25) is 0 Å². The average Bonchev–Trinajstić information content (AvgIpc) is 3.01. The zero-order chi connectivity index (χ0) is 13.5. The quantitative estimate of drug-likeness (QED) is 0.794. The van der Waals surface area contributed by atoms with E-state index >= 15 is 0 Å². The highest BCUT2D eigenvalue weighted by Gasteiger charge is 2.07. The van der Waals surface area contributed by atoms with Crippen molar-refractivity contribution in [2.24, 2.45) is 0 Å². The molecule has 2 heterocycles. The van der Waals surface area contributed by atoms with E-state index in [4.69, 9.17) is 0 Å². The highest BCUT2D eigenvalue weighted by atomic mass is 16.2. The molecular weight excluding hydrogens is 244 g/mol. The van der Waals surface area contributed by atoms with Crippen molar-refractivity contribution < 1.29 is 4.79 Å². The first-order valence-electron chi connectivity index (χ1n) is 6.21. The van der Waals surface area contributed by atoms with E-state index in [0.29, 0.717) is 19.6 Å². The van der Waals surface area contributed by atoms with Gasteiger partial charge >= 0.3 is 6.03 Å². The third-order valence-electron chi connectivity index (χ3n) is 2.61. The maximum atomic E-state index is 11.6. The van der Waals surface area contributed by atoms with E-state index in [2.05, 4.69) is 20.7 Å². The minimum absolute atomic E-state index is 0.0214. The number of nitrogens with zero attached hydrogens (tertiary/aromatic N) is 4. The molecule has 0 aliphatic heterocycles. The van der Waals surface area contributed by atoms with Gasteiger partial charge in [0.05, 0.1) is 12.9 Å².